The maximum absolute atomic E-state index is 6.12. The average Bonchev–Trinajstić information content (AvgIpc) is 2.60. The Morgan fingerprint density at radius 3 is 2.53 bits per heavy atom. The van der Waals surface area contributed by atoms with Crippen LogP contribution in [-0.2, 0) is 12.8 Å². The minimum Gasteiger partial charge on any atom is -0.143 e. The molecule has 1 aromatic heterocycles. The standard InChI is InChI=1S/C13H13ClS/c1-2-13-12(14)9-11(15-13)8-10-6-4-3-5-7-10/h3-7,9H,2,8H2,1H3. The van der Waals surface area contributed by atoms with Crippen molar-refractivity contribution in [2.75, 3.05) is 0 Å². The molecule has 2 aromatic rings. The molecule has 1 heterocycles. The molecule has 0 amide bonds. The Bertz CT molecular complexity index is 431. The van der Waals surface area contributed by atoms with E-state index >= 15 is 0 Å². The van der Waals surface area contributed by atoms with Crippen molar-refractivity contribution in [1.29, 1.82) is 0 Å². The van der Waals surface area contributed by atoms with Crippen LogP contribution in [0.2, 0.25) is 5.02 Å². The van der Waals surface area contributed by atoms with E-state index in [1.54, 1.807) is 0 Å². The van der Waals surface area contributed by atoms with Crippen molar-refractivity contribution < 1.29 is 0 Å². The fourth-order valence-corrected chi connectivity index (χ4v) is 3.06. The molecule has 2 rings (SSSR count). The quantitative estimate of drug-likeness (QED) is 0.733. The van der Waals surface area contributed by atoms with Crippen molar-refractivity contribution in [2.45, 2.75) is 19.8 Å². The van der Waals surface area contributed by atoms with Gasteiger partial charge in [-0.1, -0.05) is 48.9 Å². The Balaban J connectivity index is 2.18. The number of hydrogen-bond donors (Lipinski definition) is 0. The SMILES string of the molecule is CCc1sc(Cc2ccccc2)cc1Cl. The molecule has 0 saturated carbocycles. The van der Waals surface area contributed by atoms with Gasteiger partial charge < -0.3 is 0 Å². The second kappa shape index (κ2) is 4.82. The lowest BCUT2D eigenvalue weighted by molar-refractivity contribution is 1.19. The Kier molecular flexibility index (Phi) is 3.45. The summed E-state index contributed by atoms with van der Waals surface area (Å²) in [4.78, 5) is 2.64. The van der Waals surface area contributed by atoms with Crippen LogP contribution in [0, 0.1) is 0 Å². The first kappa shape index (κ1) is 10.7. The van der Waals surface area contributed by atoms with Gasteiger partial charge in [-0.15, -0.1) is 11.3 Å². The zero-order valence-electron chi connectivity index (χ0n) is 8.66. The molecule has 0 unspecified atom stereocenters. The summed E-state index contributed by atoms with van der Waals surface area (Å²) >= 11 is 7.94. The topological polar surface area (TPSA) is 0 Å². The van der Waals surface area contributed by atoms with Gasteiger partial charge in [0.25, 0.3) is 0 Å². The van der Waals surface area contributed by atoms with Crippen molar-refractivity contribution >= 4 is 22.9 Å². The summed E-state index contributed by atoms with van der Waals surface area (Å²) in [6.45, 7) is 2.14. The fourth-order valence-electron chi connectivity index (χ4n) is 1.58. The number of rotatable bonds is 3. The second-order valence-corrected chi connectivity index (χ2v) is 5.13. The highest BCUT2D eigenvalue weighted by Gasteiger charge is 2.05. The molecule has 2 heteroatoms. The maximum atomic E-state index is 6.12. The highest BCUT2D eigenvalue weighted by molar-refractivity contribution is 7.12. The normalized spacial score (nSPS) is 10.5. The highest BCUT2D eigenvalue weighted by Crippen LogP contribution is 2.28. The predicted molar refractivity (Wildman–Crippen MR) is 68.0 cm³/mol. The molecular formula is C13H13ClS. The van der Waals surface area contributed by atoms with Gasteiger partial charge in [0.1, 0.15) is 0 Å². The van der Waals surface area contributed by atoms with Gasteiger partial charge in [0.15, 0.2) is 0 Å². The molecule has 15 heavy (non-hydrogen) atoms. The molecule has 1 aromatic carbocycles. The first-order valence-corrected chi connectivity index (χ1v) is 6.30. The Morgan fingerprint density at radius 2 is 1.93 bits per heavy atom. The zero-order valence-corrected chi connectivity index (χ0v) is 10.2. The molecule has 0 aliphatic carbocycles. The minimum absolute atomic E-state index is 0.924. The molecule has 0 radical (unpaired) electrons. The summed E-state index contributed by atoms with van der Waals surface area (Å²) in [5, 5.41) is 0.924. The first-order valence-electron chi connectivity index (χ1n) is 5.10. The van der Waals surface area contributed by atoms with Crippen LogP contribution in [0.5, 0.6) is 0 Å². The van der Waals surface area contributed by atoms with E-state index in [4.69, 9.17) is 11.6 Å². The first-order chi connectivity index (χ1) is 7.29. The fraction of sp³-hybridized carbons (Fsp3) is 0.231. The molecule has 0 aliphatic heterocycles. The van der Waals surface area contributed by atoms with Crippen molar-refractivity contribution in [3.05, 3.63) is 56.7 Å². The van der Waals surface area contributed by atoms with E-state index in [1.165, 1.54) is 15.3 Å². The summed E-state index contributed by atoms with van der Waals surface area (Å²) in [5.74, 6) is 0. The molecule has 0 atom stereocenters. The van der Waals surface area contributed by atoms with Crippen molar-refractivity contribution in [3.8, 4) is 0 Å². The van der Waals surface area contributed by atoms with Gasteiger partial charge in [0.05, 0.1) is 5.02 Å². The predicted octanol–water partition coefficient (Wildman–Crippen LogP) is 4.55. The Hall–Kier alpha value is -0.790. The third-order valence-electron chi connectivity index (χ3n) is 2.35. The van der Waals surface area contributed by atoms with Gasteiger partial charge in [-0.25, -0.2) is 0 Å². The van der Waals surface area contributed by atoms with Gasteiger partial charge in [-0.3, -0.25) is 0 Å². The molecule has 0 bridgehead atoms. The van der Waals surface area contributed by atoms with E-state index in [9.17, 15) is 0 Å². The van der Waals surface area contributed by atoms with E-state index in [2.05, 4.69) is 37.3 Å². The van der Waals surface area contributed by atoms with Gasteiger partial charge in [0.2, 0.25) is 0 Å². The third-order valence-corrected chi connectivity index (χ3v) is 4.08. The summed E-state index contributed by atoms with van der Waals surface area (Å²) in [5.41, 5.74) is 1.35. The minimum atomic E-state index is 0.924. The average molecular weight is 237 g/mol. The van der Waals surface area contributed by atoms with Gasteiger partial charge >= 0.3 is 0 Å². The van der Waals surface area contributed by atoms with Gasteiger partial charge in [-0.05, 0) is 18.1 Å². The summed E-state index contributed by atoms with van der Waals surface area (Å²) < 4.78 is 0. The zero-order chi connectivity index (χ0) is 10.7. The molecule has 0 N–H and O–H groups in total. The summed E-state index contributed by atoms with van der Waals surface area (Å²) in [6, 6.07) is 12.6. The third kappa shape index (κ3) is 2.61. The molecule has 0 nitrogen and oxygen atoms in total. The molecule has 0 fully saturated rings. The number of aryl methyl sites for hydroxylation is 1. The van der Waals surface area contributed by atoms with Gasteiger partial charge in [0, 0.05) is 16.2 Å². The van der Waals surface area contributed by atoms with Crippen LogP contribution in [-0.4, -0.2) is 0 Å². The van der Waals surface area contributed by atoms with Crippen LogP contribution < -0.4 is 0 Å². The van der Waals surface area contributed by atoms with E-state index < -0.39 is 0 Å². The lowest BCUT2D eigenvalue weighted by atomic mass is 10.1. The second-order valence-electron chi connectivity index (χ2n) is 3.50. The monoisotopic (exact) mass is 236 g/mol. The van der Waals surface area contributed by atoms with Crippen LogP contribution in [0.4, 0.5) is 0 Å². The van der Waals surface area contributed by atoms with E-state index in [-0.39, 0.29) is 0 Å². The smallest absolute Gasteiger partial charge is 0.0547 e. The van der Waals surface area contributed by atoms with E-state index in [1.807, 2.05) is 17.4 Å². The maximum Gasteiger partial charge on any atom is 0.0547 e. The number of benzene rings is 1. The van der Waals surface area contributed by atoms with Crippen LogP contribution in [0.25, 0.3) is 0 Å². The van der Waals surface area contributed by atoms with Crippen molar-refractivity contribution in [1.82, 2.24) is 0 Å². The largest absolute Gasteiger partial charge is 0.143 e. The van der Waals surface area contributed by atoms with Crippen molar-refractivity contribution in [3.63, 3.8) is 0 Å². The number of thiophene rings is 1. The molecule has 0 saturated heterocycles. The molecule has 0 aliphatic rings. The summed E-state index contributed by atoms with van der Waals surface area (Å²) in [7, 11) is 0. The summed E-state index contributed by atoms with van der Waals surface area (Å²) in [6.07, 6.45) is 2.02. The van der Waals surface area contributed by atoms with E-state index in [0.717, 1.165) is 17.9 Å². The van der Waals surface area contributed by atoms with Crippen molar-refractivity contribution in [2.24, 2.45) is 0 Å². The van der Waals surface area contributed by atoms with Crippen LogP contribution >= 0.6 is 22.9 Å². The Labute approximate surface area is 99.5 Å². The van der Waals surface area contributed by atoms with E-state index in [0.29, 0.717) is 0 Å². The van der Waals surface area contributed by atoms with Crippen LogP contribution in [0.1, 0.15) is 22.2 Å². The van der Waals surface area contributed by atoms with Crippen LogP contribution in [0.15, 0.2) is 36.4 Å². The van der Waals surface area contributed by atoms with Gasteiger partial charge in [-0.2, -0.15) is 0 Å². The molecular weight excluding hydrogens is 224 g/mol. The molecule has 78 valence electrons. The molecule has 0 spiro atoms. The van der Waals surface area contributed by atoms with Crippen LogP contribution in [0.3, 0.4) is 0 Å². The highest BCUT2D eigenvalue weighted by atomic mass is 35.5. The number of hydrogen-bond acceptors (Lipinski definition) is 1. The Morgan fingerprint density at radius 1 is 1.20 bits per heavy atom. The lowest BCUT2D eigenvalue weighted by Gasteiger charge is -1.96. The lowest BCUT2D eigenvalue weighted by Crippen LogP contribution is -1.82. The number of halogens is 1.